The van der Waals surface area contributed by atoms with Gasteiger partial charge in [-0.15, -0.1) is 0 Å². The second-order valence-corrected chi connectivity index (χ2v) is 1.45. The number of carbonyl (C=O) groups is 1. The zero-order valence-electron chi connectivity index (χ0n) is 4.57. The van der Waals surface area contributed by atoms with Gasteiger partial charge in [-0.05, 0) is 6.08 Å². The Hall–Kier alpha value is -0.640. The molecule has 0 aliphatic rings. The van der Waals surface area contributed by atoms with Gasteiger partial charge in [0.05, 0.1) is 0 Å². The zero-order chi connectivity index (χ0) is 7.86. The van der Waals surface area contributed by atoms with Crippen LogP contribution in [0.3, 0.4) is 0 Å². The molecule has 0 aliphatic heterocycles. The molecule has 0 saturated carbocycles. The predicted molar refractivity (Wildman–Crippen MR) is 39.6 cm³/mol. The molecule has 0 saturated heterocycles. The Morgan fingerprint density at radius 1 is 1.60 bits per heavy atom. The molecule has 0 aromatic rings. The summed E-state index contributed by atoms with van der Waals surface area (Å²) in [5.41, 5.74) is 4.53. The van der Waals surface area contributed by atoms with Crippen molar-refractivity contribution in [2.24, 2.45) is 5.73 Å². The molecule has 0 bridgehead atoms. The highest BCUT2D eigenvalue weighted by Gasteiger charge is 1.69. The fourth-order valence-corrected chi connectivity index (χ4v) is 0. The van der Waals surface area contributed by atoms with Gasteiger partial charge in [0.1, 0.15) is 0 Å². The average molecular weight is 169 g/mol. The molecule has 62 valence electrons. The van der Waals surface area contributed by atoms with Crippen LogP contribution in [0, 0.1) is 0 Å². The van der Waals surface area contributed by atoms with Gasteiger partial charge in [-0.1, -0.05) is 14.0 Å². The highest BCUT2D eigenvalue weighted by molar-refractivity contribution is 7.30. The van der Waals surface area contributed by atoms with Crippen molar-refractivity contribution in [3.8, 4) is 0 Å². The van der Waals surface area contributed by atoms with Crippen LogP contribution >= 0.6 is 8.25 Å². The van der Waals surface area contributed by atoms with Crippen LogP contribution in [-0.2, 0) is 9.36 Å². The van der Waals surface area contributed by atoms with Crippen LogP contribution in [0.4, 0.5) is 0 Å². The van der Waals surface area contributed by atoms with E-state index in [1.54, 1.807) is 0 Å². The van der Waals surface area contributed by atoms with E-state index in [1.165, 1.54) is 0 Å². The molecule has 6 heteroatoms. The minimum Gasteiger partial charge on any atom is -0.366 e. The van der Waals surface area contributed by atoms with E-state index in [0.29, 0.717) is 0 Å². The third-order valence-electron chi connectivity index (χ3n) is 0.201. The Bertz CT molecular complexity index is 120. The maximum atomic E-state index is 9.47. The van der Waals surface area contributed by atoms with Crippen LogP contribution in [-0.4, -0.2) is 15.7 Å². The van der Waals surface area contributed by atoms with E-state index in [-0.39, 0.29) is 7.43 Å². The lowest BCUT2D eigenvalue weighted by molar-refractivity contribution is -0.113. The molecule has 0 aromatic carbocycles. The largest absolute Gasteiger partial charge is 0.366 e. The summed E-state index contributed by atoms with van der Waals surface area (Å²) in [6, 6.07) is 0. The quantitative estimate of drug-likeness (QED) is 0.369. The summed E-state index contributed by atoms with van der Waals surface area (Å²) in [5.74, 6) is -0.481. The Kier molecular flexibility index (Phi) is 18.1. The summed E-state index contributed by atoms with van der Waals surface area (Å²) in [5, 5.41) is 0. The smallest absolute Gasteiger partial charge is 0.314 e. The van der Waals surface area contributed by atoms with E-state index in [9.17, 15) is 4.79 Å². The van der Waals surface area contributed by atoms with E-state index in [2.05, 4.69) is 12.3 Å². The molecule has 0 fully saturated rings. The Morgan fingerprint density at radius 3 is 1.70 bits per heavy atom. The summed E-state index contributed by atoms with van der Waals surface area (Å²) < 4.78 is 8.74. The molecule has 0 atom stereocenters. The Balaban J connectivity index is -0.0000000910. The van der Waals surface area contributed by atoms with Gasteiger partial charge < -0.3 is 15.5 Å². The predicted octanol–water partition coefficient (Wildman–Crippen LogP) is -0.345. The first-order valence-corrected chi connectivity index (χ1v) is 3.14. The number of primary amides is 1. The molecule has 0 unspecified atom stereocenters. The standard InChI is InChI=1S/C3H5NO.CH4.H3O3P/c1-2-3(4)5;;1-4(2)3/h2H,1H2,(H2,4,5);1H4;4H,(H2,1,2,3). The summed E-state index contributed by atoms with van der Waals surface area (Å²) in [4.78, 5) is 23.8. The average Bonchev–Trinajstić information content (AvgIpc) is 1.65. The van der Waals surface area contributed by atoms with Crippen LogP contribution in [0.5, 0.6) is 0 Å². The van der Waals surface area contributed by atoms with Gasteiger partial charge in [-0.25, -0.2) is 0 Å². The minimum absolute atomic E-state index is 0. The molecule has 0 aliphatic carbocycles. The van der Waals surface area contributed by atoms with Gasteiger partial charge in [-0.2, -0.15) is 0 Å². The van der Waals surface area contributed by atoms with Crippen molar-refractivity contribution in [3.63, 3.8) is 0 Å². The first-order valence-electron chi connectivity index (χ1n) is 1.84. The topological polar surface area (TPSA) is 101 Å². The van der Waals surface area contributed by atoms with Crippen molar-refractivity contribution in [1.82, 2.24) is 0 Å². The fourth-order valence-electron chi connectivity index (χ4n) is 0. The lowest BCUT2D eigenvalue weighted by Crippen LogP contribution is -2.04. The van der Waals surface area contributed by atoms with Crippen molar-refractivity contribution < 1.29 is 19.1 Å². The van der Waals surface area contributed by atoms with Crippen LogP contribution in [0.25, 0.3) is 0 Å². The normalized spacial score (nSPS) is 6.70. The van der Waals surface area contributed by atoms with E-state index in [0.717, 1.165) is 6.08 Å². The van der Waals surface area contributed by atoms with Gasteiger partial charge in [-0.3, -0.25) is 9.36 Å². The SMILES string of the molecule is C.C=CC(N)=O.O=[PH](O)O. The number of hydrogen-bond donors (Lipinski definition) is 3. The molecule has 0 rings (SSSR count). The highest BCUT2D eigenvalue weighted by Crippen LogP contribution is 1.98. The van der Waals surface area contributed by atoms with Crippen molar-refractivity contribution in [2.45, 2.75) is 7.43 Å². The molecule has 0 spiro atoms. The Morgan fingerprint density at radius 2 is 1.70 bits per heavy atom. The zero-order valence-corrected chi connectivity index (χ0v) is 5.57. The molecule has 5 nitrogen and oxygen atoms in total. The molecule has 1 amide bonds. The minimum atomic E-state index is -3.13. The number of hydrogen-bond acceptors (Lipinski definition) is 2. The van der Waals surface area contributed by atoms with Gasteiger partial charge in [0.25, 0.3) is 0 Å². The van der Waals surface area contributed by atoms with Gasteiger partial charge >= 0.3 is 8.25 Å². The maximum absolute atomic E-state index is 9.47. The number of amides is 1. The monoisotopic (exact) mass is 169 g/mol. The maximum Gasteiger partial charge on any atom is 0.314 e. The van der Waals surface area contributed by atoms with E-state index >= 15 is 0 Å². The van der Waals surface area contributed by atoms with E-state index in [4.69, 9.17) is 14.4 Å². The lowest BCUT2D eigenvalue weighted by atomic mass is 10.6. The molecule has 10 heavy (non-hydrogen) atoms. The van der Waals surface area contributed by atoms with Crippen molar-refractivity contribution >= 4 is 14.2 Å². The van der Waals surface area contributed by atoms with Gasteiger partial charge in [0.2, 0.25) is 5.91 Å². The molecular formula is C4H12NO4P. The van der Waals surface area contributed by atoms with Crippen molar-refractivity contribution in [2.75, 3.05) is 0 Å². The highest BCUT2D eigenvalue weighted by atomic mass is 31.1. The molecule has 0 aromatic heterocycles. The molecule has 0 radical (unpaired) electrons. The van der Waals surface area contributed by atoms with Crippen LogP contribution < -0.4 is 5.73 Å². The van der Waals surface area contributed by atoms with Crippen LogP contribution in [0.1, 0.15) is 7.43 Å². The summed E-state index contributed by atoms with van der Waals surface area (Å²) >= 11 is 0. The summed E-state index contributed by atoms with van der Waals surface area (Å²) in [7, 11) is -3.13. The lowest BCUT2D eigenvalue weighted by Gasteiger charge is -1.65. The van der Waals surface area contributed by atoms with Crippen LogP contribution in [0.2, 0.25) is 0 Å². The fraction of sp³-hybridized carbons (Fsp3) is 0.250. The molecule has 4 N–H and O–H groups in total. The number of rotatable bonds is 1. The second-order valence-electron chi connectivity index (χ2n) is 0.889. The van der Waals surface area contributed by atoms with E-state index < -0.39 is 14.2 Å². The second kappa shape index (κ2) is 11.2. The van der Waals surface area contributed by atoms with Crippen LogP contribution in [0.15, 0.2) is 12.7 Å². The van der Waals surface area contributed by atoms with Gasteiger partial charge in [0.15, 0.2) is 0 Å². The Labute approximate surface area is 60.1 Å². The third-order valence-corrected chi connectivity index (χ3v) is 0.201. The van der Waals surface area contributed by atoms with Crippen molar-refractivity contribution in [3.05, 3.63) is 12.7 Å². The first-order chi connectivity index (χ1) is 4.00. The number of carbonyl (C=O) groups excluding carboxylic acids is 1. The van der Waals surface area contributed by atoms with E-state index in [1.807, 2.05) is 0 Å². The summed E-state index contributed by atoms with van der Waals surface area (Å²) in [6.45, 7) is 3.09. The molecule has 0 heterocycles. The van der Waals surface area contributed by atoms with Crippen molar-refractivity contribution in [1.29, 1.82) is 0 Å². The molecular weight excluding hydrogens is 157 g/mol. The van der Waals surface area contributed by atoms with Gasteiger partial charge in [0, 0.05) is 0 Å². The summed E-state index contributed by atoms with van der Waals surface area (Å²) in [6.07, 6.45) is 1.06. The third kappa shape index (κ3) is 161. The number of nitrogens with two attached hydrogens (primary N) is 1. The first kappa shape index (κ1) is 16.2.